The lowest BCUT2D eigenvalue weighted by atomic mass is 10.2. The fraction of sp³-hybridized carbons (Fsp3) is 0.560. The SMILES string of the molecule is Cn1cnc(C(=O)O)c1.O=C(CN1CC2C(CNCc3cccc(OC(F)(F)F)c3)C2C1)N1CC(F)C(F)C1. The average molecular weight is 560 g/mol. The smallest absolute Gasteiger partial charge is 0.476 e. The summed E-state index contributed by atoms with van der Waals surface area (Å²) in [4.78, 5) is 29.2. The van der Waals surface area contributed by atoms with E-state index in [9.17, 15) is 31.5 Å². The van der Waals surface area contributed by atoms with E-state index in [4.69, 9.17) is 5.11 Å². The third-order valence-electron chi connectivity index (χ3n) is 7.11. The second-order valence-corrected chi connectivity index (χ2v) is 10.1. The lowest BCUT2D eigenvalue weighted by Gasteiger charge is -2.22. The van der Waals surface area contributed by atoms with E-state index >= 15 is 0 Å². The van der Waals surface area contributed by atoms with Gasteiger partial charge in [0, 0.05) is 32.9 Å². The Hall–Kier alpha value is -3.26. The molecular weight excluding hydrogens is 529 g/mol. The highest BCUT2D eigenvalue weighted by Crippen LogP contribution is 2.51. The second kappa shape index (κ2) is 11.9. The van der Waals surface area contributed by atoms with E-state index in [1.54, 1.807) is 17.7 Å². The number of aryl methyl sites for hydroxylation is 1. The van der Waals surface area contributed by atoms with Gasteiger partial charge in [-0.05, 0) is 42.0 Å². The van der Waals surface area contributed by atoms with E-state index in [0.29, 0.717) is 29.9 Å². The largest absolute Gasteiger partial charge is 0.573 e. The third kappa shape index (κ3) is 7.88. The van der Waals surface area contributed by atoms with Crippen LogP contribution in [0, 0.1) is 17.8 Å². The molecule has 1 aliphatic carbocycles. The third-order valence-corrected chi connectivity index (χ3v) is 7.11. The number of halogens is 5. The van der Waals surface area contributed by atoms with Crippen LogP contribution in [0.3, 0.4) is 0 Å². The normalized spacial score (nSPS) is 26.1. The molecule has 5 rings (SSSR count). The summed E-state index contributed by atoms with van der Waals surface area (Å²) in [6.45, 7) is 2.62. The molecule has 1 aromatic heterocycles. The average Bonchev–Trinajstić information content (AvgIpc) is 3.23. The molecule has 214 valence electrons. The molecule has 2 aliphatic heterocycles. The Morgan fingerprint density at radius 2 is 1.79 bits per heavy atom. The van der Waals surface area contributed by atoms with Crippen LogP contribution in [-0.2, 0) is 18.4 Å². The fourth-order valence-electron chi connectivity index (χ4n) is 5.15. The summed E-state index contributed by atoms with van der Waals surface area (Å²) in [5.41, 5.74) is 0.787. The number of carboxylic acid groups (broad SMARTS) is 1. The Kier molecular flexibility index (Phi) is 8.74. The van der Waals surface area contributed by atoms with Crippen molar-refractivity contribution in [3.63, 3.8) is 0 Å². The molecule has 3 aliphatic rings. The number of carboxylic acids is 1. The predicted octanol–water partition coefficient (Wildman–Crippen LogP) is 2.49. The van der Waals surface area contributed by atoms with E-state index in [1.165, 1.54) is 35.6 Å². The number of hydrogen-bond acceptors (Lipinski definition) is 6. The molecule has 1 aromatic carbocycles. The van der Waals surface area contributed by atoms with Gasteiger partial charge in [0.1, 0.15) is 5.75 Å². The number of benzene rings is 1. The standard InChI is InChI=1S/C20H24F5N3O2.C5H6N2O2/c21-17-9-28(10-18(17)22)19(29)11-27-7-15-14(16(15)8-27)6-26-5-12-2-1-3-13(4-12)30-20(23,24)25;1-7-2-4(5(8)9)6-3-7/h1-4,14-18,26H,5-11H2;2-3H,1H3,(H,8,9). The van der Waals surface area contributed by atoms with Gasteiger partial charge in [-0.3, -0.25) is 9.69 Å². The van der Waals surface area contributed by atoms with Gasteiger partial charge in [-0.25, -0.2) is 18.6 Å². The number of aromatic nitrogens is 2. The van der Waals surface area contributed by atoms with Crippen LogP contribution in [0.25, 0.3) is 0 Å². The molecule has 0 radical (unpaired) electrons. The molecular formula is C25H30F5N5O4. The molecule has 3 fully saturated rings. The lowest BCUT2D eigenvalue weighted by Crippen LogP contribution is -2.40. The maximum atomic E-state index is 13.3. The van der Waals surface area contributed by atoms with Gasteiger partial charge >= 0.3 is 12.3 Å². The van der Waals surface area contributed by atoms with Crippen molar-refractivity contribution in [1.82, 2.24) is 24.7 Å². The number of piperidine rings is 1. The van der Waals surface area contributed by atoms with Crippen LogP contribution >= 0.6 is 0 Å². The molecule has 3 heterocycles. The summed E-state index contributed by atoms with van der Waals surface area (Å²) in [5.74, 6) is -0.0201. The van der Waals surface area contributed by atoms with Crippen LogP contribution in [0.15, 0.2) is 36.8 Å². The summed E-state index contributed by atoms with van der Waals surface area (Å²) in [5, 5.41) is 11.6. The molecule has 39 heavy (non-hydrogen) atoms. The van der Waals surface area contributed by atoms with E-state index < -0.39 is 24.7 Å². The number of ether oxygens (including phenoxy) is 1. The van der Waals surface area contributed by atoms with Crippen molar-refractivity contribution < 1.29 is 41.4 Å². The van der Waals surface area contributed by atoms with E-state index in [0.717, 1.165) is 19.6 Å². The molecule has 1 saturated carbocycles. The number of nitrogens with zero attached hydrogens (tertiary/aromatic N) is 4. The number of carbonyl (C=O) groups excluding carboxylic acids is 1. The first-order chi connectivity index (χ1) is 18.4. The fourth-order valence-corrected chi connectivity index (χ4v) is 5.15. The number of imidazole rings is 1. The number of alkyl halides is 5. The van der Waals surface area contributed by atoms with Crippen molar-refractivity contribution in [1.29, 1.82) is 0 Å². The molecule has 2 aromatic rings. The van der Waals surface area contributed by atoms with Crippen LogP contribution in [0.4, 0.5) is 22.0 Å². The number of rotatable bonds is 8. The van der Waals surface area contributed by atoms with Gasteiger partial charge in [0.05, 0.1) is 26.0 Å². The Labute approximate surface area is 221 Å². The Balaban J connectivity index is 0.000000333. The maximum Gasteiger partial charge on any atom is 0.573 e. The molecule has 4 unspecified atom stereocenters. The highest BCUT2D eigenvalue weighted by atomic mass is 19.4. The molecule has 9 nitrogen and oxygen atoms in total. The van der Waals surface area contributed by atoms with Gasteiger partial charge < -0.3 is 24.6 Å². The molecule has 1 amide bonds. The number of likely N-dealkylation sites (tertiary alicyclic amines) is 2. The molecule has 0 spiro atoms. The van der Waals surface area contributed by atoms with Gasteiger partial charge in [0.15, 0.2) is 18.0 Å². The Morgan fingerprint density at radius 3 is 2.33 bits per heavy atom. The molecule has 14 heteroatoms. The van der Waals surface area contributed by atoms with E-state index in [2.05, 4.69) is 15.0 Å². The minimum atomic E-state index is -4.71. The summed E-state index contributed by atoms with van der Waals surface area (Å²) < 4.78 is 68.9. The molecule has 0 bridgehead atoms. The second-order valence-electron chi connectivity index (χ2n) is 10.1. The first kappa shape index (κ1) is 28.7. The van der Waals surface area contributed by atoms with Crippen molar-refractivity contribution >= 4 is 11.9 Å². The van der Waals surface area contributed by atoms with Crippen molar-refractivity contribution in [2.45, 2.75) is 25.3 Å². The topological polar surface area (TPSA) is 99.9 Å². The lowest BCUT2D eigenvalue weighted by molar-refractivity contribution is -0.274. The summed E-state index contributed by atoms with van der Waals surface area (Å²) >= 11 is 0. The zero-order valence-corrected chi connectivity index (χ0v) is 21.2. The van der Waals surface area contributed by atoms with Gasteiger partial charge in [0.25, 0.3) is 0 Å². The van der Waals surface area contributed by atoms with Gasteiger partial charge in [-0.2, -0.15) is 0 Å². The monoisotopic (exact) mass is 559 g/mol. The van der Waals surface area contributed by atoms with Crippen LogP contribution in [-0.4, -0.2) is 94.3 Å². The Bertz CT molecular complexity index is 1140. The number of fused-ring (bicyclic) bond motifs is 1. The minimum absolute atomic E-state index is 0.0810. The number of aromatic carboxylic acids is 1. The van der Waals surface area contributed by atoms with E-state index in [1.807, 2.05) is 4.90 Å². The molecule has 2 saturated heterocycles. The molecule has 4 atom stereocenters. The summed E-state index contributed by atoms with van der Waals surface area (Å²) in [6, 6.07) is 5.89. The number of carbonyl (C=O) groups is 2. The predicted molar refractivity (Wildman–Crippen MR) is 128 cm³/mol. The zero-order valence-electron chi connectivity index (χ0n) is 21.2. The first-order valence-corrected chi connectivity index (χ1v) is 12.4. The van der Waals surface area contributed by atoms with Crippen molar-refractivity contribution in [2.75, 3.05) is 39.3 Å². The van der Waals surface area contributed by atoms with E-state index in [-0.39, 0.29) is 37.0 Å². The number of hydrogen-bond donors (Lipinski definition) is 2. The van der Waals surface area contributed by atoms with Gasteiger partial charge in [0.2, 0.25) is 5.91 Å². The van der Waals surface area contributed by atoms with Crippen LogP contribution < -0.4 is 10.1 Å². The van der Waals surface area contributed by atoms with Gasteiger partial charge in [-0.1, -0.05) is 12.1 Å². The number of nitrogens with one attached hydrogen (secondary N) is 1. The van der Waals surface area contributed by atoms with Gasteiger partial charge in [-0.15, -0.1) is 13.2 Å². The van der Waals surface area contributed by atoms with Crippen molar-refractivity contribution in [3.05, 3.63) is 48.0 Å². The maximum absolute atomic E-state index is 13.3. The van der Waals surface area contributed by atoms with Crippen molar-refractivity contribution in [2.24, 2.45) is 24.8 Å². The van der Waals surface area contributed by atoms with Crippen LogP contribution in [0.2, 0.25) is 0 Å². The quantitative estimate of drug-likeness (QED) is 0.480. The molecule has 2 N–H and O–H groups in total. The minimum Gasteiger partial charge on any atom is -0.476 e. The number of amides is 1. The first-order valence-electron chi connectivity index (χ1n) is 12.4. The highest BCUT2D eigenvalue weighted by Gasteiger charge is 2.55. The summed E-state index contributed by atoms with van der Waals surface area (Å²) in [6.07, 6.45) is -4.99. The highest BCUT2D eigenvalue weighted by molar-refractivity contribution is 5.84. The Morgan fingerprint density at radius 1 is 1.13 bits per heavy atom. The summed E-state index contributed by atoms with van der Waals surface area (Å²) in [7, 11) is 1.72. The van der Waals surface area contributed by atoms with Crippen LogP contribution in [0.5, 0.6) is 5.75 Å². The van der Waals surface area contributed by atoms with Crippen molar-refractivity contribution in [3.8, 4) is 5.75 Å². The zero-order chi connectivity index (χ0) is 28.3. The van der Waals surface area contributed by atoms with Crippen LogP contribution in [0.1, 0.15) is 16.1 Å².